The van der Waals surface area contributed by atoms with Crippen molar-refractivity contribution in [1.82, 2.24) is 0 Å². The molecule has 0 atom stereocenters. The molecule has 1 heterocycles. The molecule has 0 aliphatic carbocycles. The fourth-order valence-corrected chi connectivity index (χ4v) is 2.34. The molecule has 2 aromatic rings. The first-order valence-electron chi connectivity index (χ1n) is 6.75. The van der Waals surface area contributed by atoms with Crippen molar-refractivity contribution in [2.45, 2.75) is 6.42 Å². The third-order valence-corrected chi connectivity index (χ3v) is 3.50. The Labute approximate surface area is 131 Å². The van der Waals surface area contributed by atoms with E-state index in [0.29, 0.717) is 41.0 Å². The summed E-state index contributed by atoms with van der Waals surface area (Å²) < 4.78 is 23.7. The van der Waals surface area contributed by atoms with E-state index in [-0.39, 0.29) is 18.1 Å². The number of nitrogens with one attached hydrogen (secondary N) is 1. The molecule has 1 N–H and O–H groups in total. The van der Waals surface area contributed by atoms with Crippen molar-refractivity contribution >= 4 is 23.2 Å². The molecule has 0 unspecified atom stereocenters. The highest BCUT2D eigenvalue weighted by Crippen LogP contribution is 2.37. The molecule has 6 heteroatoms. The highest BCUT2D eigenvalue weighted by Gasteiger charge is 2.16. The predicted octanol–water partition coefficient (Wildman–Crippen LogP) is 3.43. The minimum atomic E-state index is -0.334. The zero-order chi connectivity index (χ0) is 15.5. The Balaban J connectivity index is 1.72. The van der Waals surface area contributed by atoms with Gasteiger partial charge in [-0.15, -0.1) is 0 Å². The lowest BCUT2D eigenvalue weighted by Crippen LogP contribution is -2.17. The van der Waals surface area contributed by atoms with Crippen LogP contribution in [0.4, 0.5) is 10.1 Å². The summed E-state index contributed by atoms with van der Waals surface area (Å²) in [6.07, 6.45) is 0.130. The zero-order valence-electron chi connectivity index (χ0n) is 11.6. The van der Waals surface area contributed by atoms with Crippen molar-refractivity contribution in [3.63, 3.8) is 0 Å². The summed E-state index contributed by atoms with van der Waals surface area (Å²) in [6, 6.07) is 9.03. The van der Waals surface area contributed by atoms with Gasteiger partial charge in [0.2, 0.25) is 5.91 Å². The number of halogens is 2. The molecule has 22 heavy (non-hydrogen) atoms. The molecule has 2 aromatic carbocycles. The Kier molecular flexibility index (Phi) is 4.15. The number of carbonyl (C=O) groups excluding carboxylic acids is 1. The number of ether oxygens (including phenoxy) is 2. The second kappa shape index (κ2) is 6.23. The van der Waals surface area contributed by atoms with Crippen LogP contribution in [0.2, 0.25) is 5.02 Å². The summed E-state index contributed by atoms with van der Waals surface area (Å²) >= 11 is 6.13. The van der Waals surface area contributed by atoms with E-state index in [1.165, 1.54) is 12.1 Å². The van der Waals surface area contributed by atoms with Crippen LogP contribution in [0.5, 0.6) is 11.5 Å². The average Bonchev–Trinajstić information content (AvgIpc) is 2.50. The maximum atomic E-state index is 12.8. The van der Waals surface area contributed by atoms with Gasteiger partial charge < -0.3 is 14.8 Å². The summed E-state index contributed by atoms with van der Waals surface area (Å²) in [5.74, 6) is 0.532. The monoisotopic (exact) mass is 321 g/mol. The quantitative estimate of drug-likeness (QED) is 0.942. The number of hydrogen-bond acceptors (Lipinski definition) is 3. The SMILES string of the molecule is O=C(Cc1ccc(F)cc1)Nc1cc2c(cc1Cl)OCCO2. The van der Waals surface area contributed by atoms with Crippen LogP contribution in [-0.4, -0.2) is 19.1 Å². The van der Waals surface area contributed by atoms with E-state index in [1.54, 1.807) is 24.3 Å². The second-order valence-electron chi connectivity index (χ2n) is 4.83. The summed E-state index contributed by atoms with van der Waals surface area (Å²) in [7, 11) is 0. The summed E-state index contributed by atoms with van der Waals surface area (Å²) in [6.45, 7) is 0.928. The first kappa shape index (κ1) is 14.7. The van der Waals surface area contributed by atoms with Gasteiger partial charge in [-0.3, -0.25) is 4.79 Å². The van der Waals surface area contributed by atoms with Crippen LogP contribution in [0.25, 0.3) is 0 Å². The van der Waals surface area contributed by atoms with Gasteiger partial charge in [-0.1, -0.05) is 23.7 Å². The van der Waals surface area contributed by atoms with Gasteiger partial charge in [-0.2, -0.15) is 0 Å². The lowest BCUT2D eigenvalue weighted by molar-refractivity contribution is -0.115. The molecule has 0 radical (unpaired) electrons. The van der Waals surface area contributed by atoms with Crippen molar-refractivity contribution in [3.8, 4) is 11.5 Å². The Bertz CT molecular complexity index is 703. The van der Waals surface area contributed by atoms with Gasteiger partial charge in [0.05, 0.1) is 17.1 Å². The number of amides is 1. The fraction of sp³-hybridized carbons (Fsp3) is 0.188. The van der Waals surface area contributed by atoms with Crippen LogP contribution in [-0.2, 0) is 11.2 Å². The van der Waals surface area contributed by atoms with Crippen molar-refractivity contribution in [3.05, 3.63) is 52.8 Å². The van der Waals surface area contributed by atoms with Crippen molar-refractivity contribution in [1.29, 1.82) is 0 Å². The van der Waals surface area contributed by atoms with Crippen LogP contribution in [0.1, 0.15) is 5.56 Å². The van der Waals surface area contributed by atoms with Gasteiger partial charge in [0.15, 0.2) is 11.5 Å². The van der Waals surface area contributed by atoms with Crippen LogP contribution in [0, 0.1) is 5.82 Å². The Morgan fingerprint density at radius 2 is 1.77 bits per heavy atom. The second-order valence-corrected chi connectivity index (χ2v) is 5.23. The van der Waals surface area contributed by atoms with E-state index in [0.717, 1.165) is 0 Å². The van der Waals surface area contributed by atoms with E-state index in [9.17, 15) is 9.18 Å². The lowest BCUT2D eigenvalue weighted by Gasteiger charge is -2.20. The van der Waals surface area contributed by atoms with Gasteiger partial charge in [0, 0.05) is 12.1 Å². The number of fused-ring (bicyclic) bond motifs is 1. The molecule has 1 aliphatic heterocycles. The summed E-state index contributed by atoms with van der Waals surface area (Å²) in [5.41, 5.74) is 1.17. The highest BCUT2D eigenvalue weighted by molar-refractivity contribution is 6.34. The van der Waals surface area contributed by atoms with Gasteiger partial charge in [-0.05, 0) is 17.7 Å². The molecule has 3 rings (SSSR count). The van der Waals surface area contributed by atoms with Crippen LogP contribution < -0.4 is 14.8 Å². The molecule has 1 aliphatic rings. The molecule has 0 saturated heterocycles. The smallest absolute Gasteiger partial charge is 0.228 e. The largest absolute Gasteiger partial charge is 0.486 e. The van der Waals surface area contributed by atoms with E-state index in [1.807, 2.05) is 0 Å². The van der Waals surface area contributed by atoms with Crippen LogP contribution in [0.3, 0.4) is 0 Å². The maximum absolute atomic E-state index is 12.8. The van der Waals surface area contributed by atoms with Crippen molar-refractivity contribution < 1.29 is 18.7 Å². The van der Waals surface area contributed by atoms with Crippen LogP contribution in [0.15, 0.2) is 36.4 Å². The molecular weight excluding hydrogens is 309 g/mol. The van der Waals surface area contributed by atoms with Gasteiger partial charge in [0.25, 0.3) is 0 Å². The third kappa shape index (κ3) is 3.31. The van der Waals surface area contributed by atoms with Crippen LogP contribution >= 0.6 is 11.6 Å². The summed E-state index contributed by atoms with van der Waals surface area (Å²) in [4.78, 5) is 12.1. The minimum absolute atomic E-state index is 0.130. The number of benzene rings is 2. The minimum Gasteiger partial charge on any atom is -0.486 e. The molecule has 0 fully saturated rings. The zero-order valence-corrected chi connectivity index (χ0v) is 12.3. The Hall–Kier alpha value is -2.27. The number of anilines is 1. The van der Waals surface area contributed by atoms with E-state index >= 15 is 0 Å². The number of hydrogen-bond donors (Lipinski definition) is 1. The topological polar surface area (TPSA) is 47.6 Å². The van der Waals surface area contributed by atoms with E-state index in [2.05, 4.69) is 5.32 Å². The molecule has 1 amide bonds. The van der Waals surface area contributed by atoms with Gasteiger partial charge in [0.1, 0.15) is 19.0 Å². The average molecular weight is 322 g/mol. The summed E-state index contributed by atoms with van der Waals surface area (Å²) in [5, 5.41) is 3.10. The van der Waals surface area contributed by atoms with E-state index in [4.69, 9.17) is 21.1 Å². The normalized spacial score (nSPS) is 12.8. The molecular formula is C16H13ClFNO3. The molecule has 0 aromatic heterocycles. The Morgan fingerprint density at radius 3 is 2.45 bits per heavy atom. The lowest BCUT2D eigenvalue weighted by atomic mass is 10.1. The van der Waals surface area contributed by atoms with Crippen molar-refractivity contribution in [2.75, 3.05) is 18.5 Å². The molecule has 0 bridgehead atoms. The first-order valence-corrected chi connectivity index (χ1v) is 7.13. The fourth-order valence-electron chi connectivity index (χ4n) is 2.14. The molecule has 0 saturated carbocycles. The predicted molar refractivity (Wildman–Crippen MR) is 81.2 cm³/mol. The third-order valence-electron chi connectivity index (χ3n) is 3.18. The number of rotatable bonds is 3. The highest BCUT2D eigenvalue weighted by atomic mass is 35.5. The van der Waals surface area contributed by atoms with E-state index < -0.39 is 0 Å². The number of carbonyl (C=O) groups is 1. The molecule has 114 valence electrons. The van der Waals surface area contributed by atoms with Gasteiger partial charge in [-0.25, -0.2) is 4.39 Å². The molecule has 4 nitrogen and oxygen atoms in total. The maximum Gasteiger partial charge on any atom is 0.228 e. The molecule has 0 spiro atoms. The van der Waals surface area contributed by atoms with Gasteiger partial charge >= 0.3 is 0 Å². The standard InChI is InChI=1S/C16H13ClFNO3/c17-12-8-14-15(22-6-5-21-14)9-13(12)19-16(20)7-10-1-3-11(18)4-2-10/h1-4,8-9H,5-7H2,(H,19,20). The van der Waals surface area contributed by atoms with Crippen molar-refractivity contribution in [2.24, 2.45) is 0 Å². The first-order chi connectivity index (χ1) is 10.6. The Morgan fingerprint density at radius 1 is 1.14 bits per heavy atom.